The first-order chi connectivity index (χ1) is 13.9. The monoisotopic (exact) mass is 417 g/mol. The number of rotatable bonds is 4. The molecule has 5 nitrogen and oxygen atoms in total. The Balaban J connectivity index is 1.46. The van der Waals surface area contributed by atoms with Crippen LogP contribution in [0.3, 0.4) is 0 Å². The third-order valence-corrected chi connectivity index (χ3v) is 5.59. The fourth-order valence-electron chi connectivity index (χ4n) is 3.11. The number of hydrogen-bond donors (Lipinski definition) is 2. The smallest absolute Gasteiger partial charge is 0.257 e. The van der Waals surface area contributed by atoms with Gasteiger partial charge < -0.3 is 5.32 Å². The molecular weight excluding hydrogens is 403 g/mol. The Labute approximate surface area is 167 Å². The van der Waals surface area contributed by atoms with E-state index in [1.807, 2.05) is 0 Å². The van der Waals surface area contributed by atoms with E-state index >= 15 is 0 Å². The lowest BCUT2D eigenvalue weighted by atomic mass is 10.1. The maximum atomic E-state index is 13.3. The van der Waals surface area contributed by atoms with E-state index in [1.165, 1.54) is 41.7 Å². The lowest BCUT2D eigenvalue weighted by Gasteiger charge is -2.11. The number of fused-ring (bicyclic) bond motifs is 1. The quantitative estimate of drug-likeness (QED) is 0.658. The summed E-state index contributed by atoms with van der Waals surface area (Å²) in [5.74, 6) is -3.84. The van der Waals surface area contributed by atoms with Crippen LogP contribution in [0.1, 0.15) is 33.3 Å². The highest BCUT2D eigenvalue weighted by molar-refractivity contribution is 7.16. The molecule has 4 rings (SSSR count). The molecule has 0 unspecified atom stereocenters. The molecule has 0 radical (unpaired) electrons. The van der Waals surface area contributed by atoms with Gasteiger partial charge >= 0.3 is 0 Å². The molecule has 9 heteroatoms. The van der Waals surface area contributed by atoms with Crippen LogP contribution < -0.4 is 10.6 Å². The van der Waals surface area contributed by atoms with E-state index in [-0.39, 0.29) is 17.2 Å². The third-order valence-electron chi connectivity index (χ3n) is 4.55. The number of thiazole rings is 1. The lowest BCUT2D eigenvalue weighted by molar-refractivity contribution is -0.117. The Hall–Kier alpha value is -3.20. The van der Waals surface area contributed by atoms with Crippen LogP contribution in [0.4, 0.5) is 24.0 Å². The number of benzene rings is 2. The lowest BCUT2D eigenvalue weighted by Crippen LogP contribution is -2.20. The van der Waals surface area contributed by atoms with Crippen molar-refractivity contribution in [2.75, 3.05) is 10.6 Å². The summed E-state index contributed by atoms with van der Waals surface area (Å²) in [6.07, 6.45) is 1.16. The van der Waals surface area contributed by atoms with E-state index in [1.54, 1.807) is 0 Å². The molecule has 1 atom stereocenters. The molecule has 3 aromatic rings. The minimum atomic E-state index is -1.05. The topological polar surface area (TPSA) is 71.1 Å². The molecule has 1 heterocycles. The Morgan fingerprint density at radius 1 is 1.00 bits per heavy atom. The highest BCUT2D eigenvalue weighted by atomic mass is 32.1. The van der Waals surface area contributed by atoms with E-state index in [0.29, 0.717) is 23.7 Å². The van der Waals surface area contributed by atoms with Crippen LogP contribution in [0, 0.1) is 17.5 Å². The first kappa shape index (κ1) is 19.1. The van der Waals surface area contributed by atoms with E-state index in [2.05, 4.69) is 15.6 Å². The van der Waals surface area contributed by atoms with Gasteiger partial charge in [-0.15, -0.1) is 11.3 Å². The molecule has 0 saturated heterocycles. The molecule has 0 saturated carbocycles. The van der Waals surface area contributed by atoms with Crippen LogP contribution >= 0.6 is 11.3 Å². The molecule has 2 aromatic carbocycles. The van der Waals surface area contributed by atoms with Gasteiger partial charge in [-0.3, -0.25) is 14.9 Å². The van der Waals surface area contributed by atoms with E-state index in [0.717, 1.165) is 17.0 Å². The van der Waals surface area contributed by atoms with Crippen LogP contribution in [0.15, 0.2) is 42.5 Å². The van der Waals surface area contributed by atoms with Gasteiger partial charge in [0, 0.05) is 22.2 Å². The van der Waals surface area contributed by atoms with Gasteiger partial charge in [0.1, 0.15) is 5.82 Å². The minimum absolute atomic E-state index is 0.155. The fourth-order valence-corrected chi connectivity index (χ4v) is 4.14. The first-order valence-electron chi connectivity index (χ1n) is 8.73. The number of carbonyl (C=O) groups excluding carboxylic acids is 2. The molecule has 0 fully saturated rings. The minimum Gasteiger partial charge on any atom is -0.325 e. The van der Waals surface area contributed by atoms with Gasteiger partial charge in [-0.05, 0) is 49.2 Å². The average Bonchev–Trinajstić information content (AvgIpc) is 3.25. The molecule has 2 amide bonds. The molecule has 2 N–H and O–H groups in total. The molecule has 148 valence electrons. The van der Waals surface area contributed by atoms with Gasteiger partial charge in [-0.25, -0.2) is 18.2 Å². The van der Waals surface area contributed by atoms with Crippen LogP contribution in [-0.2, 0) is 11.2 Å². The Bertz CT molecular complexity index is 1100. The van der Waals surface area contributed by atoms with Crippen LogP contribution in [0.5, 0.6) is 0 Å². The summed E-state index contributed by atoms with van der Waals surface area (Å²) in [4.78, 5) is 30.1. The van der Waals surface area contributed by atoms with Crippen LogP contribution in [-0.4, -0.2) is 16.8 Å². The van der Waals surface area contributed by atoms with Crippen molar-refractivity contribution in [3.8, 4) is 0 Å². The molecule has 0 spiro atoms. The highest BCUT2D eigenvalue weighted by Crippen LogP contribution is 2.39. The second-order valence-corrected chi connectivity index (χ2v) is 7.58. The second kappa shape index (κ2) is 7.67. The molecule has 29 heavy (non-hydrogen) atoms. The van der Waals surface area contributed by atoms with Gasteiger partial charge in [-0.2, -0.15) is 0 Å². The number of hydrogen-bond acceptors (Lipinski definition) is 4. The van der Waals surface area contributed by atoms with Crippen molar-refractivity contribution < 1.29 is 22.8 Å². The summed E-state index contributed by atoms with van der Waals surface area (Å²) < 4.78 is 39.4. The van der Waals surface area contributed by atoms with Gasteiger partial charge in [0.15, 0.2) is 16.8 Å². The van der Waals surface area contributed by atoms with Crippen molar-refractivity contribution in [3.05, 3.63) is 76.1 Å². The van der Waals surface area contributed by atoms with Crippen molar-refractivity contribution in [2.45, 2.75) is 18.8 Å². The van der Waals surface area contributed by atoms with E-state index < -0.39 is 29.3 Å². The van der Waals surface area contributed by atoms with Gasteiger partial charge in [-0.1, -0.05) is 0 Å². The van der Waals surface area contributed by atoms with Crippen molar-refractivity contribution in [1.29, 1.82) is 0 Å². The standard InChI is InChI=1S/C20H14F3N3O2S/c21-11-3-1-10(2-4-11)18(27)26-20-25-17-13(6-8-16(17)29-20)19(28)24-12-5-7-14(22)15(23)9-12/h1-5,7,9,13H,6,8H2,(H,24,28)(H,25,26,27)/t13-/m1/s1. The molecule has 0 aliphatic heterocycles. The number of aryl methyl sites for hydroxylation is 1. The number of nitrogens with one attached hydrogen (secondary N) is 2. The van der Waals surface area contributed by atoms with Gasteiger partial charge in [0.25, 0.3) is 5.91 Å². The van der Waals surface area contributed by atoms with Crippen LogP contribution in [0.2, 0.25) is 0 Å². The molecule has 0 bridgehead atoms. The number of nitrogens with zero attached hydrogens (tertiary/aromatic N) is 1. The summed E-state index contributed by atoms with van der Waals surface area (Å²) in [6.45, 7) is 0. The van der Waals surface area contributed by atoms with Gasteiger partial charge in [0.05, 0.1) is 11.6 Å². The summed E-state index contributed by atoms with van der Waals surface area (Å²) >= 11 is 1.27. The third kappa shape index (κ3) is 4.00. The molecule has 1 aliphatic rings. The number of anilines is 2. The normalized spacial score (nSPS) is 15.1. The Kier molecular flexibility index (Phi) is 5.06. The number of carbonyl (C=O) groups is 2. The zero-order valence-electron chi connectivity index (χ0n) is 14.8. The zero-order chi connectivity index (χ0) is 20.5. The second-order valence-electron chi connectivity index (χ2n) is 6.50. The molecule has 1 aliphatic carbocycles. The van der Waals surface area contributed by atoms with Crippen molar-refractivity contribution in [3.63, 3.8) is 0 Å². The summed E-state index contributed by atoms with van der Waals surface area (Å²) in [6, 6.07) is 8.25. The van der Waals surface area contributed by atoms with Crippen LogP contribution in [0.25, 0.3) is 0 Å². The van der Waals surface area contributed by atoms with Crippen molar-refractivity contribution >= 4 is 34.0 Å². The Morgan fingerprint density at radius 3 is 2.48 bits per heavy atom. The number of aromatic nitrogens is 1. The summed E-state index contributed by atoms with van der Waals surface area (Å²) in [7, 11) is 0. The van der Waals surface area contributed by atoms with E-state index in [4.69, 9.17) is 0 Å². The molecular formula is C20H14F3N3O2S. The SMILES string of the molecule is O=C(Nc1nc2c(s1)CC[C@H]2C(=O)Nc1ccc(F)c(F)c1)c1ccc(F)cc1. The predicted octanol–water partition coefficient (Wildman–Crippen LogP) is 4.48. The predicted molar refractivity (Wildman–Crippen MR) is 103 cm³/mol. The summed E-state index contributed by atoms with van der Waals surface area (Å²) in [5.41, 5.74) is 1.00. The maximum Gasteiger partial charge on any atom is 0.257 e. The van der Waals surface area contributed by atoms with Gasteiger partial charge in [0.2, 0.25) is 5.91 Å². The Morgan fingerprint density at radius 2 is 1.76 bits per heavy atom. The van der Waals surface area contributed by atoms with Crippen molar-refractivity contribution in [1.82, 2.24) is 4.98 Å². The largest absolute Gasteiger partial charge is 0.325 e. The zero-order valence-corrected chi connectivity index (χ0v) is 15.7. The maximum absolute atomic E-state index is 13.3. The number of amides is 2. The number of halogens is 3. The van der Waals surface area contributed by atoms with E-state index in [9.17, 15) is 22.8 Å². The fraction of sp³-hybridized carbons (Fsp3) is 0.150. The first-order valence-corrected chi connectivity index (χ1v) is 9.55. The summed E-state index contributed by atoms with van der Waals surface area (Å²) in [5, 5.41) is 5.57. The highest BCUT2D eigenvalue weighted by Gasteiger charge is 2.33. The van der Waals surface area contributed by atoms with Crippen molar-refractivity contribution in [2.24, 2.45) is 0 Å². The molecule has 1 aromatic heterocycles. The average molecular weight is 417 g/mol.